The van der Waals surface area contributed by atoms with E-state index in [1.807, 2.05) is 18.2 Å². The molecule has 0 amide bonds. The molecule has 0 atom stereocenters. The lowest BCUT2D eigenvalue weighted by Crippen LogP contribution is -2.44. The van der Waals surface area contributed by atoms with Gasteiger partial charge in [0.1, 0.15) is 5.82 Å². The number of benzene rings is 1. The van der Waals surface area contributed by atoms with Crippen molar-refractivity contribution in [3.8, 4) is 0 Å². The van der Waals surface area contributed by atoms with Gasteiger partial charge in [0.15, 0.2) is 5.84 Å². The molecule has 150 valence electrons. The second kappa shape index (κ2) is 7.68. The summed E-state index contributed by atoms with van der Waals surface area (Å²) in [5.41, 5.74) is 14.5. The molecule has 8 heteroatoms. The molecule has 0 radical (unpaired) electrons. The molecule has 3 N–H and O–H groups in total. The molecule has 0 spiro atoms. The van der Waals surface area contributed by atoms with Gasteiger partial charge in [0.2, 0.25) is 0 Å². The summed E-state index contributed by atoms with van der Waals surface area (Å²) in [7, 11) is 0. The van der Waals surface area contributed by atoms with Crippen LogP contribution in [0, 0.1) is 5.53 Å². The Bertz CT molecular complexity index is 1080. The summed E-state index contributed by atoms with van der Waals surface area (Å²) in [5, 5.41) is 11.2. The molecule has 2 fully saturated rings. The molecule has 5 rings (SSSR count). The maximum Gasteiger partial charge on any atom is 0.155 e. The fourth-order valence-corrected chi connectivity index (χ4v) is 5.67. The number of thiophene rings is 1. The number of anilines is 1. The van der Waals surface area contributed by atoms with Gasteiger partial charge in [0.25, 0.3) is 0 Å². The van der Waals surface area contributed by atoms with Crippen molar-refractivity contribution in [3.05, 3.63) is 35.2 Å². The lowest BCUT2D eigenvalue weighted by atomic mass is 10.0. The highest BCUT2D eigenvalue weighted by Gasteiger charge is 2.28. The third-order valence-corrected chi connectivity index (χ3v) is 7.20. The Balaban J connectivity index is 1.50. The van der Waals surface area contributed by atoms with Gasteiger partial charge >= 0.3 is 0 Å². The van der Waals surface area contributed by atoms with E-state index in [1.165, 1.54) is 48.9 Å². The monoisotopic (exact) mass is 407 g/mol. The Hall–Kier alpha value is -2.58. The molecule has 4 heterocycles. The van der Waals surface area contributed by atoms with E-state index in [9.17, 15) is 0 Å². The number of likely N-dealkylation sites (tertiary alicyclic amines) is 1. The van der Waals surface area contributed by atoms with E-state index in [0.717, 1.165) is 41.4 Å². The van der Waals surface area contributed by atoms with Crippen LogP contribution in [0.3, 0.4) is 0 Å². The van der Waals surface area contributed by atoms with E-state index in [-0.39, 0.29) is 5.84 Å². The first-order valence-corrected chi connectivity index (χ1v) is 11.1. The lowest BCUT2D eigenvalue weighted by molar-refractivity contribution is 0.208. The van der Waals surface area contributed by atoms with Gasteiger partial charge in [-0.15, -0.1) is 16.4 Å². The summed E-state index contributed by atoms with van der Waals surface area (Å²) in [6, 6.07) is 8.85. The van der Waals surface area contributed by atoms with Gasteiger partial charge in [-0.25, -0.2) is 4.98 Å². The van der Waals surface area contributed by atoms with E-state index in [0.29, 0.717) is 0 Å². The molecule has 2 saturated heterocycles. The van der Waals surface area contributed by atoms with Crippen molar-refractivity contribution in [1.29, 1.82) is 5.53 Å². The summed E-state index contributed by atoms with van der Waals surface area (Å²) < 4.78 is 1.26. The van der Waals surface area contributed by atoms with Gasteiger partial charge in [-0.1, -0.05) is 17.4 Å². The van der Waals surface area contributed by atoms with E-state index >= 15 is 0 Å². The molecule has 0 unspecified atom stereocenters. The number of amidine groups is 1. The zero-order valence-corrected chi connectivity index (χ0v) is 17.2. The van der Waals surface area contributed by atoms with Crippen LogP contribution in [0.2, 0.25) is 0 Å². The number of rotatable bonds is 4. The minimum absolute atomic E-state index is 0.239. The van der Waals surface area contributed by atoms with Crippen LogP contribution in [0.15, 0.2) is 40.0 Å². The van der Waals surface area contributed by atoms with Crippen LogP contribution in [0.25, 0.3) is 21.0 Å². The Morgan fingerprint density at radius 2 is 1.90 bits per heavy atom. The van der Waals surface area contributed by atoms with Crippen LogP contribution >= 0.6 is 11.3 Å². The first-order chi connectivity index (χ1) is 14.2. The Kier molecular flexibility index (Phi) is 4.89. The molecule has 29 heavy (non-hydrogen) atoms. The summed E-state index contributed by atoms with van der Waals surface area (Å²) in [5.74, 6) is 1.31. The zero-order chi connectivity index (χ0) is 19.8. The fraction of sp³-hybridized carbons (Fsp3) is 0.429. The molecule has 1 aromatic carbocycles. The molecule has 0 saturated carbocycles. The molecule has 7 nitrogen and oxygen atoms in total. The minimum Gasteiger partial charge on any atom is -0.382 e. The van der Waals surface area contributed by atoms with Gasteiger partial charge in [-0.2, -0.15) is 5.53 Å². The molecule has 0 bridgehead atoms. The highest BCUT2D eigenvalue weighted by Crippen LogP contribution is 2.36. The largest absolute Gasteiger partial charge is 0.382 e. The number of pyridine rings is 1. The molecule has 2 aliphatic heterocycles. The molecular formula is C21H25N7S. The Labute approximate surface area is 173 Å². The van der Waals surface area contributed by atoms with Crippen molar-refractivity contribution >= 4 is 44.0 Å². The predicted octanol–water partition coefficient (Wildman–Crippen LogP) is 4.17. The molecule has 0 aliphatic carbocycles. The topological polar surface area (TPSA) is 94.0 Å². The third kappa shape index (κ3) is 3.36. The number of aromatic nitrogens is 1. The van der Waals surface area contributed by atoms with Crippen LogP contribution in [0.4, 0.5) is 5.82 Å². The molecule has 2 aliphatic rings. The zero-order valence-electron chi connectivity index (χ0n) is 16.3. The van der Waals surface area contributed by atoms with Gasteiger partial charge in [0.05, 0.1) is 5.52 Å². The summed E-state index contributed by atoms with van der Waals surface area (Å²) in [4.78, 5) is 10.2. The fourth-order valence-electron chi connectivity index (χ4n) is 4.75. The third-order valence-electron chi connectivity index (χ3n) is 6.25. The highest BCUT2D eigenvalue weighted by atomic mass is 32.1. The summed E-state index contributed by atoms with van der Waals surface area (Å²) >= 11 is 1.76. The van der Waals surface area contributed by atoms with Crippen molar-refractivity contribution in [1.82, 2.24) is 9.88 Å². The summed E-state index contributed by atoms with van der Waals surface area (Å²) in [6.07, 6.45) is 5.11. The van der Waals surface area contributed by atoms with Gasteiger partial charge in [-0.3, -0.25) is 0 Å². The van der Waals surface area contributed by atoms with Crippen molar-refractivity contribution in [3.63, 3.8) is 0 Å². The van der Waals surface area contributed by atoms with E-state index < -0.39 is 0 Å². The normalized spacial score (nSPS) is 19.4. The number of nitrogens with zero attached hydrogens (tertiary/aromatic N) is 5. The standard InChI is InChI=1S/C21H25N7S/c22-20(25-26-23)14-3-4-16-18(13-14)24-21(17-7-12-29-19(16)17)28-10-5-15(6-11-28)27-8-1-2-9-27/h3-4,7,12-13,15H,1-2,5-6,8-11H2,(H3,22,23,25). The molecule has 3 aromatic rings. The average Bonchev–Trinajstić information content (AvgIpc) is 3.45. The predicted molar refractivity (Wildman–Crippen MR) is 119 cm³/mol. The Morgan fingerprint density at radius 3 is 2.66 bits per heavy atom. The maximum atomic E-state index is 6.91. The van der Waals surface area contributed by atoms with Crippen molar-refractivity contribution in [2.45, 2.75) is 31.7 Å². The van der Waals surface area contributed by atoms with Gasteiger partial charge in [-0.05, 0) is 56.3 Å². The van der Waals surface area contributed by atoms with Crippen LogP contribution in [0.1, 0.15) is 31.2 Å². The lowest BCUT2D eigenvalue weighted by Gasteiger charge is -2.37. The summed E-state index contributed by atoms with van der Waals surface area (Å²) in [6.45, 7) is 4.63. The first-order valence-electron chi connectivity index (χ1n) is 10.2. The average molecular weight is 408 g/mol. The van der Waals surface area contributed by atoms with Crippen LogP contribution < -0.4 is 10.6 Å². The van der Waals surface area contributed by atoms with Crippen LogP contribution in [-0.4, -0.2) is 47.9 Å². The van der Waals surface area contributed by atoms with E-state index in [1.54, 1.807) is 11.3 Å². The number of hydrogen-bond donors (Lipinski definition) is 2. The van der Waals surface area contributed by atoms with Crippen molar-refractivity contribution in [2.24, 2.45) is 16.1 Å². The molecular weight excluding hydrogens is 382 g/mol. The number of fused-ring (bicyclic) bond motifs is 3. The highest BCUT2D eigenvalue weighted by molar-refractivity contribution is 7.18. The van der Waals surface area contributed by atoms with Crippen LogP contribution in [-0.2, 0) is 0 Å². The Morgan fingerprint density at radius 1 is 1.10 bits per heavy atom. The maximum absolute atomic E-state index is 6.91. The van der Waals surface area contributed by atoms with Gasteiger partial charge in [0, 0.05) is 40.2 Å². The van der Waals surface area contributed by atoms with Crippen molar-refractivity contribution in [2.75, 3.05) is 31.1 Å². The molecule has 2 aromatic heterocycles. The minimum atomic E-state index is 0.239. The smallest absolute Gasteiger partial charge is 0.155 e. The number of hydrogen-bond acceptors (Lipinski definition) is 6. The number of nitrogens with two attached hydrogens (primary N) is 1. The van der Waals surface area contributed by atoms with E-state index in [2.05, 4.69) is 31.6 Å². The SMILES string of the molecule is N=N/N=C(\N)c1ccc2c(c1)nc(N1CCC(N3CCCC3)CC1)c1ccsc12. The van der Waals surface area contributed by atoms with Crippen LogP contribution in [0.5, 0.6) is 0 Å². The second-order valence-electron chi connectivity index (χ2n) is 7.88. The van der Waals surface area contributed by atoms with E-state index in [4.69, 9.17) is 16.2 Å². The first kappa shape index (κ1) is 18.4. The number of nitrogens with one attached hydrogen (secondary N) is 1. The quantitative estimate of drug-likeness (QED) is 0.294. The number of piperidine rings is 1. The van der Waals surface area contributed by atoms with Gasteiger partial charge < -0.3 is 15.5 Å². The van der Waals surface area contributed by atoms with Crippen molar-refractivity contribution < 1.29 is 0 Å². The second-order valence-corrected chi connectivity index (χ2v) is 8.79.